The van der Waals surface area contributed by atoms with Gasteiger partial charge in [0.25, 0.3) is 0 Å². The molecule has 3 rings (SSSR count). The Morgan fingerprint density at radius 3 is 2.59 bits per heavy atom. The van der Waals surface area contributed by atoms with Gasteiger partial charge >= 0.3 is 0 Å². The number of hydrogen-bond acceptors (Lipinski definition) is 7. The van der Waals surface area contributed by atoms with Gasteiger partial charge in [0.2, 0.25) is 5.91 Å². The lowest BCUT2D eigenvalue weighted by Gasteiger charge is -2.27. The van der Waals surface area contributed by atoms with Crippen molar-refractivity contribution in [1.82, 2.24) is 15.1 Å². The highest BCUT2D eigenvalue weighted by Crippen LogP contribution is 2.27. The highest BCUT2D eigenvalue weighted by Gasteiger charge is 2.17. The van der Waals surface area contributed by atoms with E-state index in [0.29, 0.717) is 37.6 Å². The number of morpholine rings is 1. The Kier molecular flexibility index (Phi) is 9.40. The van der Waals surface area contributed by atoms with E-state index in [1.807, 2.05) is 42.2 Å². The van der Waals surface area contributed by atoms with Crippen LogP contribution in [0, 0.1) is 6.92 Å². The van der Waals surface area contributed by atoms with Crippen molar-refractivity contribution in [2.45, 2.75) is 19.9 Å². The molecule has 0 unspecified atom stereocenters. The Labute approximate surface area is 190 Å². The van der Waals surface area contributed by atoms with Crippen LogP contribution < -0.4 is 14.8 Å². The van der Waals surface area contributed by atoms with Crippen molar-refractivity contribution in [3.05, 3.63) is 47.4 Å². The highest BCUT2D eigenvalue weighted by molar-refractivity contribution is 5.78. The molecule has 0 spiro atoms. The fourth-order valence-electron chi connectivity index (χ4n) is 3.72. The van der Waals surface area contributed by atoms with Crippen LogP contribution in [0.2, 0.25) is 0 Å². The van der Waals surface area contributed by atoms with E-state index in [4.69, 9.17) is 18.6 Å². The third kappa shape index (κ3) is 7.25. The summed E-state index contributed by atoms with van der Waals surface area (Å²) >= 11 is 0. The summed E-state index contributed by atoms with van der Waals surface area (Å²) in [6.45, 7) is 8.40. The lowest BCUT2D eigenvalue weighted by atomic mass is 10.1. The quantitative estimate of drug-likeness (QED) is 0.502. The van der Waals surface area contributed by atoms with Crippen molar-refractivity contribution in [2.24, 2.45) is 0 Å². The molecule has 0 aliphatic carbocycles. The number of nitrogens with one attached hydrogen (secondary N) is 1. The Hall–Kier alpha value is -2.55. The van der Waals surface area contributed by atoms with Crippen LogP contribution in [0.4, 0.5) is 0 Å². The minimum Gasteiger partial charge on any atom is -0.493 e. The number of methoxy groups -OCH3 is 2. The molecule has 176 valence electrons. The van der Waals surface area contributed by atoms with Gasteiger partial charge in [0.1, 0.15) is 11.5 Å². The highest BCUT2D eigenvalue weighted by atomic mass is 16.5. The predicted molar refractivity (Wildman–Crippen MR) is 122 cm³/mol. The maximum absolute atomic E-state index is 13.0. The van der Waals surface area contributed by atoms with Gasteiger partial charge in [-0.15, -0.1) is 0 Å². The van der Waals surface area contributed by atoms with Gasteiger partial charge in [0.05, 0.1) is 40.5 Å². The second kappa shape index (κ2) is 12.5. The number of rotatable bonds is 12. The second-order valence-electron chi connectivity index (χ2n) is 7.90. The van der Waals surface area contributed by atoms with Gasteiger partial charge in [-0.3, -0.25) is 9.69 Å². The monoisotopic (exact) mass is 445 g/mol. The topological polar surface area (TPSA) is 76.4 Å². The lowest BCUT2D eigenvalue weighted by molar-refractivity contribution is -0.131. The van der Waals surface area contributed by atoms with E-state index in [0.717, 1.165) is 56.5 Å². The molecular formula is C24H35N3O5. The molecule has 1 fully saturated rings. The summed E-state index contributed by atoms with van der Waals surface area (Å²) in [5.41, 5.74) is 1.08. The number of carbonyl (C=O) groups is 1. The molecule has 1 aromatic carbocycles. The zero-order chi connectivity index (χ0) is 22.8. The van der Waals surface area contributed by atoms with E-state index in [9.17, 15) is 4.79 Å². The van der Waals surface area contributed by atoms with Crippen molar-refractivity contribution in [1.29, 1.82) is 0 Å². The molecule has 0 saturated carbocycles. The molecule has 1 saturated heterocycles. The number of nitrogens with zero attached hydrogens (tertiary/aromatic N) is 2. The maximum atomic E-state index is 13.0. The SMILES string of the molecule is COc1ccc(CCN(Cc2ccc(C)o2)C(=O)CNCCN2CCOCC2)cc1OC. The normalized spacial score (nSPS) is 14.3. The summed E-state index contributed by atoms with van der Waals surface area (Å²) in [4.78, 5) is 17.2. The molecule has 2 heterocycles. The van der Waals surface area contributed by atoms with E-state index < -0.39 is 0 Å². The van der Waals surface area contributed by atoms with Gasteiger partial charge in [-0.05, 0) is 43.2 Å². The molecule has 2 aromatic rings. The number of benzene rings is 1. The minimum atomic E-state index is 0.0570. The van der Waals surface area contributed by atoms with E-state index in [-0.39, 0.29) is 5.91 Å². The molecule has 1 aromatic heterocycles. The Bertz CT molecular complexity index is 848. The van der Waals surface area contributed by atoms with Crippen molar-refractivity contribution in [2.75, 3.05) is 66.7 Å². The lowest BCUT2D eigenvalue weighted by Crippen LogP contribution is -2.43. The van der Waals surface area contributed by atoms with Crippen LogP contribution in [0.3, 0.4) is 0 Å². The number of aryl methyl sites for hydroxylation is 1. The van der Waals surface area contributed by atoms with Gasteiger partial charge in [0, 0.05) is 32.7 Å². The maximum Gasteiger partial charge on any atom is 0.236 e. The van der Waals surface area contributed by atoms with Crippen LogP contribution in [-0.4, -0.2) is 82.4 Å². The Balaban J connectivity index is 1.55. The van der Waals surface area contributed by atoms with Gasteiger partial charge in [0.15, 0.2) is 11.5 Å². The number of amides is 1. The van der Waals surface area contributed by atoms with Crippen LogP contribution in [0.5, 0.6) is 11.5 Å². The summed E-state index contributed by atoms with van der Waals surface area (Å²) in [5.74, 6) is 3.07. The molecule has 1 N–H and O–H groups in total. The van der Waals surface area contributed by atoms with Crippen LogP contribution in [0.1, 0.15) is 17.1 Å². The third-order valence-electron chi connectivity index (χ3n) is 5.60. The van der Waals surface area contributed by atoms with E-state index >= 15 is 0 Å². The summed E-state index contributed by atoms with van der Waals surface area (Å²) in [7, 11) is 3.24. The van der Waals surface area contributed by atoms with Gasteiger partial charge in [-0.1, -0.05) is 6.07 Å². The second-order valence-corrected chi connectivity index (χ2v) is 7.90. The number of hydrogen-bond donors (Lipinski definition) is 1. The first-order chi connectivity index (χ1) is 15.6. The standard InChI is InChI=1S/C24H35N3O5/c1-19-4-6-21(32-19)18-27(10-8-20-5-7-22(29-2)23(16-20)30-3)24(28)17-25-9-11-26-12-14-31-15-13-26/h4-7,16,25H,8-15,17-18H2,1-3H3. The third-order valence-corrected chi connectivity index (χ3v) is 5.60. The summed E-state index contributed by atoms with van der Waals surface area (Å²) in [6.07, 6.45) is 0.708. The fraction of sp³-hybridized carbons (Fsp3) is 0.542. The van der Waals surface area contributed by atoms with Crippen LogP contribution >= 0.6 is 0 Å². The molecule has 1 amide bonds. The first-order valence-corrected chi connectivity index (χ1v) is 11.1. The molecule has 1 aliphatic rings. The molecule has 0 atom stereocenters. The first kappa shape index (κ1) is 24.1. The molecule has 32 heavy (non-hydrogen) atoms. The number of ether oxygens (including phenoxy) is 3. The van der Waals surface area contributed by atoms with Crippen molar-refractivity contribution in [3.8, 4) is 11.5 Å². The first-order valence-electron chi connectivity index (χ1n) is 11.1. The van der Waals surface area contributed by atoms with Gasteiger partial charge < -0.3 is 28.8 Å². The van der Waals surface area contributed by atoms with E-state index in [1.54, 1.807) is 14.2 Å². The van der Waals surface area contributed by atoms with Crippen molar-refractivity contribution < 1.29 is 23.4 Å². The van der Waals surface area contributed by atoms with E-state index in [1.165, 1.54) is 0 Å². The van der Waals surface area contributed by atoms with Crippen molar-refractivity contribution >= 4 is 5.91 Å². The zero-order valence-corrected chi connectivity index (χ0v) is 19.4. The molecular weight excluding hydrogens is 410 g/mol. The average Bonchev–Trinajstić information content (AvgIpc) is 3.24. The molecule has 0 radical (unpaired) electrons. The predicted octanol–water partition coefficient (Wildman–Crippen LogP) is 2.10. The largest absolute Gasteiger partial charge is 0.493 e. The molecule has 8 heteroatoms. The van der Waals surface area contributed by atoms with Crippen molar-refractivity contribution in [3.63, 3.8) is 0 Å². The zero-order valence-electron chi connectivity index (χ0n) is 19.4. The van der Waals surface area contributed by atoms with Gasteiger partial charge in [-0.25, -0.2) is 0 Å². The van der Waals surface area contributed by atoms with Crippen LogP contribution in [0.15, 0.2) is 34.7 Å². The van der Waals surface area contributed by atoms with E-state index in [2.05, 4.69) is 10.2 Å². The smallest absolute Gasteiger partial charge is 0.236 e. The Morgan fingerprint density at radius 2 is 1.91 bits per heavy atom. The minimum absolute atomic E-state index is 0.0570. The molecule has 0 bridgehead atoms. The number of furan rings is 1. The van der Waals surface area contributed by atoms with Crippen LogP contribution in [0.25, 0.3) is 0 Å². The Morgan fingerprint density at radius 1 is 1.12 bits per heavy atom. The average molecular weight is 446 g/mol. The fourth-order valence-corrected chi connectivity index (χ4v) is 3.72. The molecule has 8 nitrogen and oxygen atoms in total. The summed E-state index contributed by atoms with van der Waals surface area (Å²) in [6, 6.07) is 9.70. The summed E-state index contributed by atoms with van der Waals surface area (Å²) in [5, 5.41) is 3.29. The van der Waals surface area contributed by atoms with Crippen LogP contribution in [-0.2, 0) is 22.5 Å². The van der Waals surface area contributed by atoms with Gasteiger partial charge in [-0.2, -0.15) is 0 Å². The molecule has 1 aliphatic heterocycles. The number of carbonyl (C=O) groups excluding carboxylic acids is 1. The summed E-state index contributed by atoms with van der Waals surface area (Å²) < 4.78 is 21.8.